The van der Waals surface area contributed by atoms with E-state index in [0.29, 0.717) is 30.4 Å². The highest BCUT2D eigenvalue weighted by molar-refractivity contribution is 5.99. The number of benzene rings is 4. The lowest BCUT2D eigenvalue weighted by Gasteiger charge is -2.18. The van der Waals surface area contributed by atoms with Gasteiger partial charge in [-0.2, -0.15) is 0 Å². The van der Waals surface area contributed by atoms with Crippen LogP contribution in [0.2, 0.25) is 0 Å². The number of hydrogen-bond donors (Lipinski definition) is 3. The Morgan fingerprint density at radius 3 is 1.95 bits per heavy atom. The maximum atomic E-state index is 12.9. The number of primary amides is 1. The molecule has 8 heteroatoms. The summed E-state index contributed by atoms with van der Waals surface area (Å²) in [5.41, 5.74) is 9.15. The van der Waals surface area contributed by atoms with Crippen LogP contribution in [-0.2, 0) is 29.2 Å². The Morgan fingerprint density at radius 1 is 0.725 bits per heavy atom. The van der Waals surface area contributed by atoms with E-state index in [1.54, 1.807) is 30.3 Å². The molecule has 4 aromatic rings. The quantitative estimate of drug-likeness (QED) is 0.243. The van der Waals surface area contributed by atoms with E-state index in [2.05, 4.69) is 10.6 Å². The largest absolute Gasteiger partial charge is 0.485 e. The summed E-state index contributed by atoms with van der Waals surface area (Å²) in [5.74, 6) is -0.358. The summed E-state index contributed by atoms with van der Waals surface area (Å²) >= 11 is 0. The molecule has 0 heterocycles. The molecule has 0 bridgehead atoms. The number of hydrogen-bond acceptors (Lipinski definition) is 5. The highest BCUT2D eigenvalue weighted by Crippen LogP contribution is 2.30. The molecule has 0 aliphatic heterocycles. The van der Waals surface area contributed by atoms with Crippen molar-refractivity contribution >= 4 is 23.4 Å². The van der Waals surface area contributed by atoms with Crippen molar-refractivity contribution in [3.05, 3.63) is 125 Å². The van der Waals surface area contributed by atoms with Crippen molar-refractivity contribution < 1.29 is 23.9 Å². The summed E-state index contributed by atoms with van der Waals surface area (Å²) in [7, 11) is 0. The first-order chi connectivity index (χ1) is 19.4. The molecule has 0 aromatic heterocycles. The Kier molecular flexibility index (Phi) is 9.50. The van der Waals surface area contributed by atoms with Crippen LogP contribution < -0.4 is 25.8 Å². The molecule has 0 unspecified atom stereocenters. The first kappa shape index (κ1) is 27.9. The highest BCUT2D eigenvalue weighted by atomic mass is 16.5. The van der Waals surface area contributed by atoms with Crippen LogP contribution in [0, 0.1) is 0 Å². The monoisotopic (exact) mass is 537 g/mol. The summed E-state index contributed by atoms with van der Waals surface area (Å²) in [6.45, 7) is 2.07. The second kappa shape index (κ2) is 13.6. The lowest BCUT2D eigenvalue weighted by molar-refractivity contribution is -0.119. The zero-order valence-corrected chi connectivity index (χ0v) is 22.1. The van der Waals surface area contributed by atoms with E-state index in [-0.39, 0.29) is 17.9 Å². The minimum absolute atomic E-state index is 0.146. The molecule has 0 aliphatic carbocycles. The molecule has 0 saturated carbocycles. The van der Waals surface area contributed by atoms with Crippen molar-refractivity contribution in [3.8, 4) is 11.5 Å². The van der Waals surface area contributed by atoms with Gasteiger partial charge in [0.25, 0.3) is 5.91 Å². The van der Waals surface area contributed by atoms with Gasteiger partial charge >= 0.3 is 0 Å². The average Bonchev–Trinajstić information content (AvgIpc) is 2.96. The zero-order valence-electron chi connectivity index (χ0n) is 22.1. The van der Waals surface area contributed by atoms with Gasteiger partial charge < -0.3 is 25.8 Å². The molecule has 0 saturated heterocycles. The van der Waals surface area contributed by atoms with Crippen LogP contribution in [0.1, 0.15) is 34.0 Å². The van der Waals surface area contributed by atoms with E-state index in [1.165, 1.54) is 13.0 Å². The normalized spacial score (nSPS) is 11.2. The first-order valence-corrected chi connectivity index (χ1v) is 12.8. The van der Waals surface area contributed by atoms with E-state index in [0.717, 1.165) is 16.7 Å². The molecule has 40 heavy (non-hydrogen) atoms. The molecule has 4 rings (SSSR count). The fraction of sp³-hybridized carbons (Fsp3) is 0.156. The van der Waals surface area contributed by atoms with E-state index < -0.39 is 17.9 Å². The summed E-state index contributed by atoms with van der Waals surface area (Å²) in [6, 6.07) is 30.4. The third-order valence-corrected chi connectivity index (χ3v) is 6.02. The lowest BCUT2D eigenvalue weighted by atomic mass is 10.0. The van der Waals surface area contributed by atoms with Gasteiger partial charge in [-0.3, -0.25) is 14.4 Å². The predicted octanol–water partition coefficient (Wildman–Crippen LogP) is 4.63. The Labute approximate surface area is 233 Å². The molecule has 1 atom stereocenters. The van der Waals surface area contributed by atoms with Crippen molar-refractivity contribution in [3.63, 3.8) is 0 Å². The molecule has 4 N–H and O–H groups in total. The van der Waals surface area contributed by atoms with Crippen LogP contribution in [0.4, 0.5) is 5.69 Å². The van der Waals surface area contributed by atoms with Gasteiger partial charge in [-0.05, 0) is 47.0 Å². The minimum atomic E-state index is -0.977. The van der Waals surface area contributed by atoms with Gasteiger partial charge in [0.05, 0.1) is 0 Å². The fourth-order valence-electron chi connectivity index (χ4n) is 4.02. The highest BCUT2D eigenvalue weighted by Gasteiger charge is 2.21. The van der Waals surface area contributed by atoms with Crippen LogP contribution >= 0.6 is 0 Å². The summed E-state index contributed by atoms with van der Waals surface area (Å²) < 4.78 is 12.2. The second-order valence-electron chi connectivity index (χ2n) is 9.22. The third-order valence-electron chi connectivity index (χ3n) is 6.02. The Hall–Kier alpha value is -5.11. The van der Waals surface area contributed by atoms with Gasteiger partial charge in [0, 0.05) is 24.6 Å². The van der Waals surface area contributed by atoms with Crippen LogP contribution in [-0.4, -0.2) is 23.8 Å². The Bertz CT molecular complexity index is 1460. The number of rotatable bonds is 12. The minimum Gasteiger partial charge on any atom is -0.485 e. The van der Waals surface area contributed by atoms with Crippen molar-refractivity contribution in [2.24, 2.45) is 5.73 Å². The van der Waals surface area contributed by atoms with Crippen LogP contribution in [0.5, 0.6) is 11.5 Å². The lowest BCUT2D eigenvalue weighted by Crippen LogP contribution is -2.45. The number of anilines is 1. The van der Waals surface area contributed by atoms with Gasteiger partial charge in [0.2, 0.25) is 11.8 Å². The van der Waals surface area contributed by atoms with Gasteiger partial charge in [-0.15, -0.1) is 0 Å². The summed E-state index contributed by atoms with van der Waals surface area (Å²) in [4.78, 5) is 36.6. The van der Waals surface area contributed by atoms with E-state index >= 15 is 0 Å². The number of ether oxygens (including phenoxy) is 2. The SMILES string of the molecule is CC(=O)Nc1cccc(C(=O)N[C@@H](Cc2ccc(OCc3ccccc3)c(OCc3ccccc3)c2)C(N)=O)c1. The van der Waals surface area contributed by atoms with Crippen molar-refractivity contribution in [1.29, 1.82) is 0 Å². The van der Waals surface area contributed by atoms with Crippen molar-refractivity contribution in [2.75, 3.05) is 5.32 Å². The van der Waals surface area contributed by atoms with Gasteiger partial charge in [-0.1, -0.05) is 72.8 Å². The smallest absolute Gasteiger partial charge is 0.252 e. The van der Waals surface area contributed by atoms with E-state index in [4.69, 9.17) is 15.2 Å². The fourth-order valence-corrected chi connectivity index (χ4v) is 4.02. The maximum absolute atomic E-state index is 12.9. The van der Waals surface area contributed by atoms with Gasteiger partial charge in [-0.25, -0.2) is 0 Å². The Morgan fingerprint density at radius 2 is 1.35 bits per heavy atom. The molecule has 204 valence electrons. The predicted molar refractivity (Wildman–Crippen MR) is 153 cm³/mol. The molecule has 0 fully saturated rings. The molecular weight excluding hydrogens is 506 g/mol. The standard InChI is InChI=1S/C32H31N3O5/c1-22(36)34-27-14-8-13-26(19-27)32(38)35-28(31(33)37)17-25-15-16-29(39-20-23-9-4-2-5-10-23)30(18-25)40-21-24-11-6-3-7-12-24/h2-16,18-19,28H,17,20-21H2,1H3,(H2,33,37)(H,34,36)(H,35,38)/t28-/m0/s1. The number of carbonyl (C=O) groups excluding carboxylic acids is 3. The number of amides is 3. The maximum Gasteiger partial charge on any atom is 0.252 e. The average molecular weight is 538 g/mol. The van der Waals surface area contributed by atoms with E-state index in [1.807, 2.05) is 66.7 Å². The number of nitrogens with one attached hydrogen (secondary N) is 2. The summed E-state index contributed by atoms with van der Waals surface area (Å²) in [5, 5.41) is 5.34. The first-order valence-electron chi connectivity index (χ1n) is 12.8. The second-order valence-corrected chi connectivity index (χ2v) is 9.22. The molecule has 0 radical (unpaired) electrons. The summed E-state index contributed by atoms with van der Waals surface area (Å²) in [6.07, 6.45) is 0.146. The molecule has 4 aromatic carbocycles. The topological polar surface area (TPSA) is 120 Å². The molecule has 8 nitrogen and oxygen atoms in total. The van der Waals surface area contributed by atoms with Crippen molar-refractivity contribution in [2.45, 2.75) is 32.6 Å². The van der Waals surface area contributed by atoms with Gasteiger partial charge in [0.15, 0.2) is 11.5 Å². The molecule has 0 aliphatic rings. The number of carbonyl (C=O) groups is 3. The van der Waals surface area contributed by atoms with Crippen molar-refractivity contribution in [1.82, 2.24) is 5.32 Å². The van der Waals surface area contributed by atoms with Gasteiger partial charge in [0.1, 0.15) is 19.3 Å². The van der Waals surface area contributed by atoms with Crippen LogP contribution in [0.15, 0.2) is 103 Å². The Balaban J connectivity index is 1.51. The van der Waals surface area contributed by atoms with Crippen LogP contribution in [0.3, 0.4) is 0 Å². The van der Waals surface area contributed by atoms with E-state index in [9.17, 15) is 14.4 Å². The molecule has 0 spiro atoms. The molecular formula is C32H31N3O5. The molecule has 3 amide bonds. The third kappa shape index (κ3) is 8.19. The number of nitrogens with two attached hydrogens (primary N) is 1. The zero-order chi connectivity index (χ0) is 28.3. The van der Waals surface area contributed by atoms with Crippen LogP contribution in [0.25, 0.3) is 0 Å².